The van der Waals surface area contributed by atoms with E-state index in [1.54, 1.807) is 24.0 Å². The van der Waals surface area contributed by atoms with Gasteiger partial charge in [-0.15, -0.1) is 5.06 Å². The Morgan fingerprint density at radius 3 is 2.30 bits per heavy atom. The number of carboxylic acid groups (broad SMARTS) is 1. The molecule has 0 spiro atoms. The lowest BCUT2D eigenvalue weighted by molar-refractivity contribution is -0.157. The van der Waals surface area contributed by atoms with Crippen molar-refractivity contribution in [1.82, 2.24) is 25.2 Å². The first-order valence-corrected chi connectivity index (χ1v) is 15.4. The Labute approximate surface area is 266 Å². The quantitative estimate of drug-likeness (QED) is 0.297. The van der Waals surface area contributed by atoms with E-state index >= 15 is 0 Å². The van der Waals surface area contributed by atoms with Crippen LogP contribution in [0.15, 0.2) is 60.7 Å². The molecule has 0 radical (unpaired) electrons. The molecule has 13 nitrogen and oxygen atoms in total. The molecule has 1 aromatic heterocycles. The standard InChI is InChI=1S/C33H37N5O8/c1-2-44-33(43)46-38-18-16-37(17-19-38)31(40)27(20-22-12-14-24(15-13-22)32(41)42)35-30(39)26-21-28(45-25-10-6-7-11-25)36-29(34-26)23-8-4-3-5-9-23/h3-5,8-9,12-15,21,25,27H,2,6-7,10-11,16-20H2,1H3,(H,35,39)(H,41,42)/t27-/m0/s1. The van der Waals surface area contributed by atoms with E-state index in [0.29, 0.717) is 17.0 Å². The number of nitrogens with zero attached hydrogens (tertiary/aromatic N) is 4. The predicted octanol–water partition coefficient (Wildman–Crippen LogP) is 3.74. The van der Waals surface area contributed by atoms with Gasteiger partial charge in [0, 0.05) is 31.1 Å². The zero-order valence-corrected chi connectivity index (χ0v) is 25.6. The number of ether oxygens (including phenoxy) is 2. The minimum Gasteiger partial charge on any atom is -0.478 e. The number of nitrogens with one attached hydrogen (secondary N) is 1. The fourth-order valence-electron chi connectivity index (χ4n) is 5.42. The molecule has 1 atom stereocenters. The zero-order chi connectivity index (χ0) is 32.5. The molecule has 1 saturated heterocycles. The summed E-state index contributed by atoms with van der Waals surface area (Å²) < 4.78 is 11.0. The summed E-state index contributed by atoms with van der Waals surface area (Å²) in [5.74, 6) is -1.38. The lowest BCUT2D eigenvalue weighted by Crippen LogP contribution is -2.55. The van der Waals surface area contributed by atoms with E-state index in [0.717, 1.165) is 25.7 Å². The van der Waals surface area contributed by atoms with Crippen LogP contribution in [0.4, 0.5) is 4.79 Å². The topological polar surface area (TPSA) is 160 Å². The number of hydroxylamine groups is 2. The lowest BCUT2D eigenvalue weighted by atomic mass is 10.0. The first kappa shape index (κ1) is 32.4. The molecule has 242 valence electrons. The van der Waals surface area contributed by atoms with Crippen molar-refractivity contribution < 1.29 is 38.6 Å². The number of aromatic carboxylic acids is 1. The molecule has 1 aliphatic heterocycles. The molecule has 2 aromatic carbocycles. The third-order valence-corrected chi connectivity index (χ3v) is 7.82. The van der Waals surface area contributed by atoms with Gasteiger partial charge in [0.1, 0.15) is 17.8 Å². The highest BCUT2D eigenvalue weighted by Crippen LogP contribution is 2.25. The molecule has 5 rings (SSSR count). The Morgan fingerprint density at radius 1 is 0.957 bits per heavy atom. The second kappa shape index (κ2) is 15.3. The number of piperazine rings is 1. The maximum atomic E-state index is 13.9. The summed E-state index contributed by atoms with van der Waals surface area (Å²) >= 11 is 0. The summed E-state index contributed by atoms with van der Waals surface area (Å²) in [5, 5.41) is 13.6. The molecule has 46 heavy (non-hydrogen) atoms. The molecule has 13 heteroatoms. The second-order valence-corrected chi connectivity index (χ2v) is 11.1. The Balaban J connectivity index is 1.37. The molecule has 2 N–H and O–H groups in total. The predicted molar refractivity (Wildman–Crippen MR) is 165 cm³/mol. The highest BCUT2D eigenvalue weighted by molar-refractivity contribution is 5.97. The number of carboxylic acids is 1. The first-order chi connectivity index (χ1) is 22.3. The lowest BCUT2D eigenvalue weighted by Gasteiger charge is -2.35. The van der Waals surface area contributed by atoms with E-state index in [1.807, 2.05) is 30.3 Å². The maximum absolute atomic E-state index is 13.9. The number of benzene rings is 2. The summed E-state index contributed by atoms with van der Waals surface area (Å²) in [7, 11) is 0. The van der Waals surface area contributed by atoms with E-state index in [4.69, 9.17) is 14.3 Å². The number of aromatic nitrogens is 2. The van der Waals surface area contributed by atoms with Gasteiger partial charge < -0.3 is 29.6 Å². The van der Waals surface area contributed by atoms with Gasteiger partial charge in [0.05, 0.1) is 25.3 Å². The molecule has 1 saturated carbocycles. The van der Waals surface area contributed by atoms with Gasteiger partial charge in [0.25, 0.3) is 5.91 Å². The molecule has 3 aromatic rings. The van der Waals surface area contributed by atoms with Gasteiger partial charge in [-0.05, 0) is 50.3 Å². The van der Waals surface area contributed by atoms with Crippen LogP contribution in [0.1, 0.15) is 59.0 Å². The third-order valence-electron chi connectivity index (χ3n) is 7.82. The van der Waals surface area contributed by atoms with E-state index < -0.39 is 24.1 Å². The van der Waals surface area contributed by atoms with Crippen molar-refractivity contribution in [1.29, 1.82) is 0 Å². The van der Waals surface area contributed by atoms with Crippen molar-refractivity contribution in [2.45, 2.75) is 51.2 Å². The summed E-state index contributed by atoms with van der Waals surface area (Å²) in [6.07, 6.45) is 3.23. The highest BCUT2D eigenvalue weighted by atomic mass is 16.8. The van der Waals surface area contributed by atoms with Gasteiger partial charge in [0.15, 0.2) is 5.82 Å². The van der Waals surface area contributed by atoms with Crippen LogP contribution in [0.25, 0.3) is 11.4 Å². The van der Waals surface area contributed by atoms with Gasteiger partial charge >= 0.3 is 12.1 Å². The third kappa shape index (κ3) is 8.57. The number of amides is 2. The molecule has 0 bridgehead atoms. The minimum atomic E-state index is -1.07. The highest BCUT2D eigenvalue weighted by Gasteiger charge is 2.31. The van der Waals surface area contributed by atoms with Crippen molar-refractivity contribution in [3.63, 3.8) is 0 Å². The Bertz CT molecular complexity index is 1520. The van der Waals surface area contributed by atoms with Crippen molar-refractivity contribution in [3.05, 3.63) is 77.5 Å². The number of carbonyl (C=O) groups excluding carboxylic acids is 3. The molecule has 2 fully saturated rings. The van der Waals surface area contributed by atoms with Crippen molar-refractivity contribution in [2.24, 2.45) is 0 Å². The molecule has 2 aliphatic rings. The van der Waals surface area contributed by atoms with Gasteiger partial charge in [0.2, 0.25) is 11.8 Å². The SMILES string of the molecule is CCOC(=O)ON1CCN(C(=O)[C@H](Cc2ccc(C(=O)O)cc2)NC(=O)c2cc(OC3CCCC3)nc(-c3ccccc3)n2)CC1. The smallest absolute Gasteiger partial charge is 0.478 e. The van der Waals surface area contributed by atoms with Crippen molar-refractivity contribution in [3.8, 4) is 17.3 Å². The van der Waals surface area contributed by atoms with E-state index in [2.05, 4.69) is 15.3 Å². The molecule has 2 amide bonds. The fraction of sp³-hybridized carbons (Fsp3) is 0.394. The molecule has 1 aliphatic carbocycles. The minimum absolute atomic E-state index is 0.00371. The van der Waals surface area contributed by atoms with Crippen LogP contribution in [0.2, 0.25) is 0 Å². The number of hydrogen-bond donors (Lipinski definition) is 2. The largest absolute Gasteiger partial charge is 0.527 e. The Hall–Kier alpha value is -5.04. The summed E-state index contributed by atoms with van der Waals surface area (Å²) in [4.78, 5) is 66.6. The van der Waals surface area contributed by atoms with Crippen LogP contribution in [-0.4, -0.2) is 93.9 Å². The zero-order valence-electron chi connectivity index (χ0n) is 25.6. The van der Waals surface area contributed by atoms with Gasteiger partial charge in [-0.25, -0.2) is 14.6 Å². The van der Waals surface area contributed by atoms with Crippen LogP contribution in [0, 0.1) is 0 Å². The van der Waals surface area contributed by atoms with Gasteiger partial charge in [-0.3, -0.25) is 9.59 Å². The van der Waals surface area contributed by atoms with Crippen LogP contribution >= 0.6 is 0 Å². The summed E-state index contributed by atoms with van der Waals surface area (Å²) in [6.45, 7) is 2.86. The van der Waals surface area contributed by atoms with Crippen LogP contribution in [0.5, 0.6) is 5.88 Å². The average molecular weight is 632 g/mol. The molecular formula is C33H37N5O8. The number of rotatable bonds is 11. The van der Waals surface area contributed by atoms with Gasteiger partial charge in [-0.2, -0.15) is 4.98 Å². The van der Waals surface area contributed by atoms with Crippen LogP contribution < -0.4 is 10.1 Å². The molecule has 2 heterocycles. The van der Waals surface area contributed by atoms with Crippen molar-refractivity contribution >= 4 is 23.9 Å². The van der Waals surface area contributed by atoms with Gasteiger partial charge in [-0.1, -0.05) is 42.5 Å². The van der Waals surface area contributed by atoms with E-state index in [-0.39, 0.29) is 68.4 Å². The second-order valence-electron chi connectivity index (χ2n) is 11.1. The monoisotopic (exact) mass is 631 g/mol. The summed E-state index contributed by atoms with van der Waals surface area (Å²) in [6, 6.07) is 15.9. The maximum Gasteiger partial charge on any atom is 0.527 e. The fourth-order valence-corrected chi connectivity index (χ4v) is 5.42. The van der Waals surface area contributed by atoms with E-state index in [9.17, 15) is 24.3 Å². The van der Waals surface area contributed by atoms with E-state index in [1.165, 1.54) is 23.3 Å². The Morgan fingerprint density at radius 2 is 1.65 bits per heavy atom. The summed E-state index contributed by atoms with van der Waals surface area (Å²) in [5.41, 5.74) is 1.53. The number of hydrogen-bond acceptors (Lipinski definition) is 10. The average Bonchev–Trinajstić information content (AvgIpc) is 3.58. The number of carbonyl (C=O) groups is 4. The molecular weight excluding hydrogens is 594 g/mol. The van der Waals surface area contributed by atoms with Crippen LogP contribution in [-0.2, 0) is 20.8 Å². The van der Waals surface area contributed by atoms with Crippen LogP contribution in [0.3, 0.4) is 0 Å². The van der Waals surface area contributed by atoms with Crippen molar-refractivity contribution in [2.75, 3.05) is 32.8 Å². The Kier molecular flexibility index (Phi) is 10.8. The first-order valence-electron chi connectivity index (χ1n) is 15.4. The normalized spacial score (nSPS) is 16.0. The molecule has 0 unspecified atom stereocenters.